The van der Waals surface area contributed by atoms with E-state index in [1.54, 1.807) is 4.90 Å². The number of nitrogens with one attached hydrogen (secondary N) is 1. The summed E-state index contributed by atoms with van der Waals surface area (Å²) in [5.41, 5.74) is 1.22. The Bertz CT molecular complexity index is 528. The first-order chi connectivity index (χ1) is 9.33. The lowest BCUT2D eigenvalue weighted by Gasteiger charge is -2.25. The summed E-state index contributed by atoms with van der Waals surface area (Å²) in [5.74, 6) is 0. The lowest BCUT2D eigenvalue weighted by molar-refractivity contribution is -0.908. The predicted octanol–water partition coefficient (Wildman–Crippen LogP) is 1.07. The first kappa shape index (κ1) is 12.7. The molecule has 1 atom stereocenters. The van der Waals surface area contributed by atoms with Gasteiger partial charge in [0.1, 0.15) is 12.6 Å². The summed E-state index contributed by atoms with van der Waals surface area (Å²) in [5, 5.41) is 11.5. The van der Waals surface area contributed by atoms with Crippen molar-refractivity contribution in [2.75, 3.05) is 19.6 Å². The van der Waals surface area contributed by atoms with Crippen molar-refractivity contribution in [3.8, 4) is 0 Å². The quantitative estimate of drug-likeness (QED) is 0.845. The maximum absolute atomic E-state index is 10.3. The molecule has 0 amide bonds. The van der Waals surface area contributed by atoms with Crippen LogP contribution in [0.15, 0.2) is 36.5 Å². The minimum absolute atomic E-state index is 0.246. The number of aliphatic hydroxyl groups is 1. The van der Waals surface area contributed by atoms with Gasteiger partial charge in [0.25, 0.3) is 0 Å². The number of para-hydroxylation sites is 1. The van der Waals surface area contributed by atoms with Gasteiger partial charge in [-0.15, -0.1) is 0 Å². The summed E-state index contributed by atoms with van der Waals surface area (Å²) in [4.78, 5) is 1.57. The molecular weight excluding hydrogens is 236 g/mol. The number of piperidine rings is 1. The van der Waals surface area contributed by atoms with Crippen LogP contribution in [0.25, 0.3) is 10.9 Å². The van der Waals surface area contributed by atoms with Gasteiger partial charge in [-0.25, -0.2) is 0 Å². The molecule has 2 heterocycles. The summed E-state index contributed by atoms with van der Waals surface area (Å²) in [6.45, 7) is 4.04. The van der Waals surface area contributed by atoms with Gasteiger partial charge < -0.3 is 14.6 Å². The third-order valence-electron chi connectivity index (χ3n) is 4.17. The van der Waals surface area contributed by atoms with Gasteiger partial charge in [-0.3, -0.25) is 0 Å². The molecule has 1 fully saturated rings. The molecule has 2 N–H and O–H groups in total. The van der Waals surface area contributed by atoms with Crippen molar-refractivity contribution in [3.63, 3.8) is 0 Å². The molecule has 1 aromatic carbocycles. The molecule has 0 saturated carbocycles. The number of fused-ring (bicyclic) bond motifs is 1. The van der Waals surface area contributed by atoms with Crippen molar-refractivity contribution in [2.24, 2.45) is 0 Å². The highest BCUT2D eigenvalue weighted by molar-refractivity contribution is 5.79. The van der Waals surface area contributed by atoms with E-state index in [0.29, 0.717) is 6.54 Å². The summed E-state index contributed by atoms with van der Waals surface area (Å²) in [6.07, 6.45) is 5.83. The molecule has 0 bridgehead atoms. The fourth-order valence-corrected chi connectivity index (χ4v) is 3.18. The van der Waals surface area contributed by atoms with Crippen LogP contribution in [0.3, 0.4) is 0 Å². The van der Waals surface area contributed by atoms with Crippen LogP contribution in [0.2, 0.25) is 0 Å². The lowest BCUT2D eigenvalue weighted by Crippen LogP contribution is -3.13. The summed E-state index contributed by atoms with van der Waals surface area (Å²) >= 11 is 0. The molecule has 0 aliphatic carbocycles. The number of nitrogens with zero attached hydrogens (tertiary/aromatic N) is 1. The monoisotopic (exact) mass is 259 g/mol. The molecule has 2 aromatic rings. The summed E-state index contributed by atoms with van der Waals surface area (Å²) < 4.78 is 2.17. The second-order valence-electron chi connectivity index (χ2n) is 5.70. The van der Waals surface area contributed by atoms with Gasteiger partial charge in [0, 0.05) is 11.7 Å². The fourth-order valence-electron chi connectivity index (χ4n) is 3.18. The van der Waals surface area contributed by atoms with Crippen LogP contribution >= 0.6 is 0 Å². The zero-order chi connectivity index (χ0) is 13.1. The highest BCUT2D eigenvalue weighted by Crippen LogP contribution is 2.15. The molecule has 1 aliphatic rings. The molecule has 1 aromatic heterocycles. The Kier molecular flexibility index (Phi) is 3.85. The summed E-state index contributed by atoms with van der Waals surface area (Å²) in [6, 6.07) is 10.5. The third kappa shape index (κ3) is 2.99. The van der Waals surface area contributed by atoms with Crippen molar-refractivity contribution < 1.29 is 10.0 Å². The van der Waals surface area contributed by atoms with Crippen molar-refractivity contribution in [1.82, 2.24) is 4.57 Å². The smallest absolute Gasteiger partial charge is 0.121 e. The number of hydrogen-bond acceptors (Lipinski definition) is 1. The first-order valence-electron chi connectivity index (χ1n) is 7.38. The minimum Gasteiger partial charge on any atom is -0.385 e. The van der Waals surface area contributed by atoms with E-state index in [4.69, 9.17) is 0 Å². The Morgan fingerprint density at radius 1 is 1.11 bits per heavy atom. The SMILES string of the molecule is OC(Cn1ccc2ccccc21)C[NH+]1CCCCC1. The Labute approximate surface area is 114 Å². The molecule has 102 valence electrons. The van der Waals surface area contributed by atoms with E-state index in [1.165, 1.54) is 43.3 Å². The van der Waals surface area contributed by atoms with E-state index in [-0.39, 0.29) is 6.10 Å². The number of likely N-dealkylation sites (tertiary alicyclic amines) is 1. The van der Waals surface area contributed by atoms with E-state index in [9.17, 15) is 5.11 Å². The van der Waals surface area contributed by atoms with Crippen molar-refractivity contribution in [1.29, 1.82) is 0 Å². The third-order valence-corrected chi connectivity index (χ3v) is 4.17. The van der Waals surface area contributed by atoms with Crippen LogP contribution in [0.1, 0.15) is 19.3 Å². The maximum atomic E-state index is 10.3. The predicted molar refractivity (Wildman–Crippen MR) is 77.4 cm³/mol. The average Bonchev–Trinajstić information content (AvgIpc) is 2.83. The Morgan fingerprint density at radius 3 is 2.74 bits per heavy atom. The van der Waals surface area contributed by atoms with Gasteiger partial charge in [0.15, 0.2) is 0 Å². The molecule has 0 spiro atoms. The van der Waals surface area contributed by atoms with Crippen LogP contribution in [0.4, 0.5) is 0 Å². The molecule has 1 unspecified atom stereocenters. The van der Waals surface area contributed by atoms with Crippen molar-refractivity contribution in [2.45, 2.75) is 31.9 Å². The van der Waals surface area contributed by atoms with Crippen LogP contribution in [0.5, 0.6) is 0 Å². The molecule has 1 saturated heterocycles. The zero-order valence-corrected chi connectivity index (χ0v) is 11.4. The minimum atomic E-state index is -0.246. The molecule has 1 aliphatic heterocycles. The van der Waals surface area contributed by atoms with E-state index in [0.717, 1.165) is 6.54 Å². The largest absolute Gasteiger partial charge is 0.385 e. The van der Waals surface area contributed by atoms with Crippen LogP contribution in [-0.2, 0) is 6.54 Å². The molecule has 3 heteroatoms. The number of aromatic nitrogens is 1. The Hall–Kier alpha value is -1.32. The van der Waals surface area contributed by atoms with Gasteiger partial charge in [0.05, 0.1) is 19.6 Å². The van der Waals surface area contributed by atoms with Crippen molar-refractivity contribution >= 4 is 10.9 Å². The second kappa shape index (κ2) is 5.76. The number of benzene rings is 1. The van der Waals surface area contributed by atoms with Gasteiger partial charge in [0.2, 0.25) is 0 Å². The molecular formula is C16H23N2O+. The van der Waals surface area contributed by atoms with E-state index < -0.39 is 0 Å². The lowest BCUT2D eigenvalue weighted by atomic mass is 10.1. The van der Waals surface area contributed by atoms with E-state index >= 15 is 0 Å². The van der Waals surface area contributed by atoms with Gasteiger partial charge in [-0.05, 0) is 36.8 Å². The average molecular weight is 259 g/mol. The highest BCUT2D eigenvalue weighted by Gasteiger charge is 2.18. The number of hydrogen-bond donors (Lipinski definition) is 2. The standard InChI is InChI=1S/C16H22N2O/c19-15(12-17-9-4-1-5-10-17)13-18-11-8-14-6-2-3-7-16(14)18/h2-3,6-8,11,15,19H,1,4-5,9-10,12-13H2/p+1. The molecule has 19 heavy (non-hydrogen) atoms. The first-order valence-corrected chi connectivity index (χ1v) is 7.38. The normalized spacial score (nSPS) is 18.8. The van der Waals surface area contributed by atoms with Crippen LogP contribution in [0, 0.1) is 0 Å². The van der Waals surface area contributed by atoms with Gasteiger partial charge in [-0.2, -0.15) is 0 Å². The van der Waals surface area contributed by atoms with E-state index in [1.807, 2.05) is 0 Å². The number of rotatable bonds is 4. The highest BCUT2D eigenvalue weighted by atomic mass is 16.3. The topological polar surface area (TPSA) is 29.6 Å². The number of aliphatic hydroxyl groups excluding tert-OH is 1. The van der Waals surface area contributed by atoms with Crippen LogP contribution < -0.4 is 4.90 Å². The Balaban J connectivity index is 1.63. The van der Waals surface area contributed by atoms with Crippen molar-refractivity contribution in [3.05, 3.63) is 36.5 Å². The molecule has 3 nitrogen and oxygen atoms in total. The summed E-state index contributed by atoms with van der Waals surface area (Å²) in [7, 11) is 0. The molecule has 0 radical (unpaired) electrons. The van der Waals surface area contributed by atoms with E-state index in [2.05, 4.69) is 41.1 Å². The Morgan fingerprint density at radius 2 is 1.89 bits per heavy atom. The fraction of sp³-hybridized carbons (Fsp3) is 0.500. The molecule has 3 rings (SSSR count). The number of quaternary nitrogens is 1. The second-order valence-corrected chi connectivity index (χ2v) is 5.70. The van der Waals surface area contributed by atoms with Gasteiger partial charge >= 0.3 is 0 Å². The van der Waals surface area contributed by atoms with Gasteiger partial charge in [-0.1, -0.05) is 18.2 Å². The van der Waals surface area contributed by atoms with Crippen LogP contribution in [-0.4, -0.2) is 35.4 Å². The zero-order valence-electron chi connectivity index (χ0n) is 11.4. The maximum Gasteiger partial charge on any atom is 0.121 e.